The molecule has 1 unspecified atom stereocenters. The van der Waals surface area contributed by atoms with Gasteiger partial charge in [0.2, 0.25) is 0 Å². The fraction of sp³-hybridized carbons (Fsp3) is 0.409. The van der Waals surface area contributed by atoms with Crippen molar-refractivity contribution >= 4 is 16.7 Å². The molecule has 0 fully saturated rings. The Balaban J connectivity index is 1.64. The number of amides is 1. The van der Waals surface area contributed by atoms with E-state index in [2.05, 4.69) is 37.7 Å². The highest BCUT2D eigenvalue weighted by Crippen LogP contribution is 2.39. The summed E-state index contributed by atoms with van der Waals surface area (Å²) in [6.45, 7) is 6.90. The van der Waals surface area contributed by atoms with Crippen LogP contribution in [0.5, 0.6) is 5.75 Å². The highest BCUT2D eigenvalue weighted by molar-refractivity contribution is 6.01. The zero-order chi connectivity index (χ0) is 18.7. The van der Waals surface area contributed by atoms with Crippen molar-refractivity contribution in [2.75, 3.05) is 0 Å². The minimum Gasteiger partial charge on any atom is -0.507 e. The standard InChI is InChI=1S/C22H28N2O2/c1-4-22(2,3)17-9-11-18(12-10-17)23-24-21(26)19-13-15-7-5-6-8-16(15)14-20(19)25/h5-8,11,13-14,17,23,25H,4,9-10,12H2,1-3H3,(H,24,26). The summed E-state index contributed by atoms with van der Waals surface area (Å²) in [5.74, 6) is 0.342. The predicted molar refractivity (Wildman–Crippen MR) is 106 cm³/mol. The zero-order valence-electron chi connectivity index (χ0n) is 15.8. The number of carbonyl (C=O) groups excluding carboxylic acids is 1. The molecular formula is C22H28N2O2. The van der Waals surface area contributed by atoms with Crippen LogP contribution < -0.4 is 10.9 Å². The Morgan fingerprint density at radius 1 is 1.23 bits per heavy atom. The van der Waals surface area contributed by atoms with Gasteiger partial charge >= 0.3 is 0 Å². The van der Waals surface area contributed by atoms with Gasteiger partial charge < -0.3 is 10.5 Å². The summed E-state index contributed by atoms with van der Waals surface area (Å²) in [7, 11) is 0. The van der Waals surface area contributed by atoms with Crippen LogP contribution in [0.4, 0.5) is 0 Å². The number of carbonyl (C=O) groups is 1. The van der Waals surface area contributed by atoms with Gasteiger partial charge in [-0.05, 0) is 53.5 Å². The number of rotatable bonds is 5. The molecule has 0 aliphatic heterocycles. The Kier molecular flexibility index (Phi) is 5.21. The van der Waals surface area contributed by atoms with E-state index in [1.165, 1.54) is 6.42 Å². The van der Waals surface area contributed by atoms with Gasteiger partial charge in [0.1, 0.15) is 5.75 Å². The summed E-state index contributed by atoms with van der Waals surface area (Å²) < 4.78 is 0. The van der Waals surface area contributed by atoms with Gasteiger partial charge in [0.25, 0.3) is 5.91 Å². The zero-order valence-corrected chi connectivity index (χ0v) is 15.8. The molecule has 4 nitrogen and oxygen atoms in total. The molecule has 26 heavy (non-hydrogen) atoms. The minimum atomic E-state index is -0.329. The predicted octanol–water partition coefficient (Wildman–Crippen LogP) is 4.90. The topological polar surface area (TPSA) is 61.4 Å². The molecule has 0 radical (unpaired) electrons. The lowest BCUT2D eigenvalue weighted by Gasteiger charge is -2.35. The van der Waals surface area contributed by atoms with Gasteiger partial charge in [-0.1, -0.05) is 57.5 Å². The Labute approximate surface area is 155 Å². The average Bonchev–Trinajstić information content (AvgIpc) is 2.66. The fourth-order valence-corrected chi connectivity index (χ4v) is 3.56. The molecular weight excluding hydrogens is 324 g/mol. The van der Waals surface area contributed by atoms with Crippen LogP contribution in [0.25, 0.3) is 10.8 Å². The molecule has 138 valence electrons. The minimum absolute atomic E-state index is 0.00890. The molecule has 0 spiro atoms. The number of phenols is 1. The quantitative estimate of drug-likeness (QED) is 0.671. The van der Waals surface area contributed by atoms with Gasteiger partial charge in [0.05, 0.1) is 5.56 Å². The summed E-state index contributed by atoms with van der Waals surface area (Å²) in [5.41, 5.74) is 7.43. The Hall–Kier alpha value is -2.49. The van der Waals surface area contributed by atoms with Crippen LogP contribution in [0.2, 0.25) is 0 Å². The Morgan fingerprint density at radius 2 is 1.92 bits per heavy atom. The largest absolute Gasteiger partial charge is 0.507 e. The second-order valence-electron chi connectivity index (χ2n) is 7.84. The van der Waals surface area contributed by atoms with Gasteiger partial charge in [-0.15, -0.1) is 0 Å². The smallest absolute Gasteiger partial charge is 0.273 e. The first-order valence-corrected chi connectivity index (χ1v) is 9.38. The van der Waals surface area contributed by atoms with E-state index >= 15 is 0 Å². The Morgan fingerprint density at radius 3 is 2.54 bits per heavy atom. The molecule has 0 bridgehead atoms. The molecule has 1 atom stereocenters. The summed E-state index contributed by atoms with van der Waals surface area (Å²) >= 11 is 0. The number of aromatic hydroxyl groups is 1. The molecule has 0 heterocycles. The van der Waals surface area contributed by atoms with Gasteiger partial charge in [-0.25, -0.2) is 0 Å². The molecule has 2 aromatic rings. The van der Waals surface area contributed by atoms with E-state index in [4.69, 9.17) is 0 Å². The van der Waals surface area contributed by atoms with Crippen molar-refractivity contribution in [2.24, 2.45) is 11.3 Å². The Bertz CT molecular complexity index is 839. The lowest BCUT2D eigenvalue weighted by Crippen LogP contribution is -2.38. The maximum Gasteiger partial charge on any atom is 0.273 e. The van der Waals surface area contributed by atoms with Crippen molar-refractivity contribution in [3.05, 3.63) is 53.7 Å². The van der Waals surface area contributed by atoms with E-state index in [0.717, 1.165) is 35.7 Å². The van der Waals surface area contributed by atoms with Crippen LogP contribution in [0.3, 0.4) is 0 Å². The van der Waals surface area contributed by atoms with Crippen LogP contribution in [0, 0.1) is 11.3 Å². The number of hydrazine groups is 1. The fourth-order valence-electron chi connectivity index (χ4n) is 3.56. The molecule has 1 aliphatic rings. The number of fused-ring (bicyclic) bond motifs is 1. The summed E-state index contributed by atoms with van der Waals surface area (Å²) in [5, 5.41) is 12.0. The van der Waals surface area contributed by atoms with Gasteiger partial charge in [-0.2, -0.15) is 0 Å². The summed E-state index contributed by atoms with van der Waals surface area (Å²) in [6, 6.07) is 11.0. The number of hydrogen-bond donors (Lipinski definition) is 3. The first kappa shape index (κ1) is 18.3. The summed E-state index contributed by atoms with van der Waals surface area (Å²) in [4.78, 5) is 12.5. The monoisotopic (exact) mass is 352 g/mol. The molecule has 4 heteroatoms. The van der Waals surface area contributed by atoms with Crippen molar-refractivity contribution in [3.8, 4) is 5.75 Å². The van der Waals surface area contributed by atoms with Gasteiger partial charge in [0.15, 0.2) is 0 Å². The van der Waals surface area contributed by atoms with Crippen LogP contribution in [-0.4, -0.2) is 11.0 Å². The number of phenolic OH excluding ortho intramolecular Hbond substituents is 1. The highest BCUT2D eigenvalue weighted by Gasteiger charge is 2.29. The molecule has 0 saturated heterocycles. The average molecular weight is 352 g/mol. The van der Waals surface area contributed by atoms with Crippen molar-refractivity contribution in [2.45, 2.75) is 46.5 Å². The molecule has 3 N–H and O–H groups in total. The molecule has 0 saturated carbocycles. The van der Waals surface area contributed by atoms with Crippen LogP contribution in [0.1, 0.15) is 56.8 Å². The lowest BCUT2D eigenvalue weighted by molar-refractivity contribution is 0.0934. The second-order valence-corrected chi connectivity index (χ2v) is 7.84. The van der Waals surface area contributed by atoms with E-state index in [1.54, 1.807) is 12.1 Å². The molecule has 3 rings (SSSR count). The molecule has 0 aromatic heterocycles. The molecule has 1 aliphatic carbocycles. The van der Waals surface area contributed by atoms with E-state index < -0.39 is 0 Å². The van der Waals surface area contributed by atoms with Crippen LogP contribution >= 0.6 is 0 Å². The highest BCUT2D eigenvalue weighted by atomic mass is 16.3. The third-order valence-corrected chi connectivity index (χ3v) is 5.87. The van der Waals surface area contributed by atoms with E-state index in [0.29, 0.717) is 11.3 Å². The third kappa shape index (κ3) is 3.85. The molecule has 2 aromatic carbocycles. The normalized spacial score (nSPS) is 17.7. The number of benzene rings is 2. The SMILES string of the molecule is CCC(C)(C)C1CC=C(NNC(=O)c2cc3ccccc3cc2O)CC1. The van der Waals surface area contributed by atoms with Crippen molar-refractivity contribution in [1.82, 2.24) is 10.9 Å². The third-order valence-electron chi connectivity index (χ3n) is 5.87. The maximum absolute atomic E-state index is 12.5. The number of allylic oxidation sites excluding steroid dienone is 2. The first-order chi connectivity index (χ1) is 12.4. The van der Waals surface area contributed by atoms with Crippen molar-refractivity contribution < 1.29 is 9.90 Å². The van der Waals surface area contributed by atoms with Crippen molar-refractivity contribution in [3.63, 3.8) is 0 Å². The maximum atomic E-state index is 12.5. The molecule has 1 amide bonds. The van der Waals surface area contributed by atoms with Gasteiger partial charge in [-0.3, -0.25) is 10.2 Å². The summed E-state index contributed by atoms with van der Waals surface area (Å²) in [6.07, 6.45) is 6.44. The van der Waals surface area contributed by atoms with Crippen LogP contribution in [-0.2, 0) is 0 Å². The second kappa shape index (κ2) is 7.40. The van der Waals surface area contributed by atoms with E-state index in [9.17, 15) is 9.90 Å². The number of nitrogens with one attached hydrogen (secondary N) is 2. The van der Waals surface area contributed by atoms with Gasteiger partial charge in [0, 0.05) is 5.70 Å². The number of hydrogen-bond acceptors (Lipinski definition) is 3. The van der Waals surface area contributed by atoms with Crippen molar-refractivity contribution in [1.29, 1.82) is 0 Å². The first-order valence-electron chi connectivity index (χ1n) is 9.38. The van der Waals surface area contributed by atoms with Crippen LogP contribution in [0.15, 0.2) is 48.2 Å². The van der Waals surface area contributed by atoms with E-state index in [-0.39, 0.29) is 17.2 Å². The lowest BCUT2D eigenvalue weighted by atomic mass is 9.71. The van der Waals surface area contributed by atoms with E-state index in [1.807, 2.05) is 24.3 Å².